The molecule has 19 heavy (non-hydrogen) atoms. The highest BCUT2D eigenvalue weighted by molar-refractivity contribution is 6.05. The van der Waals surface area contributed by atoms with Crippen LogP contribution in [0.3, 0.4) is 0 Å². The summed E-state index contributed by atoms with van der Waals surface area (Å²) in [6, 6.07) is 9.00. The summed E-state index contributed by atoms with van der Waals surface area (Å²) in [7, 11) is 1.68. The summed E-state index contributed by atoms with van der Waals surface area (Å²) in [6.07, 6.45) is 3.27. The molecule has 1 amide bonds. The molecule has 1 heterocycles. The third-order valence-corrected chi connectivity index (χ3v) is 2.87. The lowest BCUT2D eigenvalue weighted by molar-refractivity contribution is 0.0993. The molecule has 0 spiro atoms. The maximum absolute atomic E-state index is 12.3. The van der Waals surface area contributed by atoms with Gasteiger partial charge in [0.1, 0.15) is 0 Å². The van der Waals surface area contributed by atoms with Crippen molar-refractivity contribution in [1.29, 1.82) is 5.26 Å². The van der Waals surface area contributed by atoms with Crippen LogP contribution in [0.1, 0.15) is 22.8 Å². The van der Waals surface area contributed by atoms with Crippen molar-refractivity contribution in [3.05, 3.63) is 47.8 Å². The molecule has 96 valence electrons. The van der Waals surface area contributed by atoms with Gasteiger partial charge in [-0.25, -0.2) is 0 Å². The van der Waals surface area contributed by atoms with Crippen LogP contribution in [-0.2, 0) is 6.54 Å². The van der Waals surface area contributed by atoms with Crippen LogP contribution >= 0.6 is 0 Å². The van der Waals surface area contributed by atoms with Crippen molar-refractivity contribution in [1.82, 2.24) is 9.78 Å². The first-order chi connectivity index (χ1) is 9.15. The molecule has 0 fully saturated rings. The average molecular weight is 254 g/mol. The zero-order valence-electron chi connectivity index (χ0n) is 10.9. The number of anilines is 1. The third-order valence-electron chi connectivity index (χ3n) is 2.87. The molecule has 0 atom stereocenters. The summed E-state index contributed by atoms with van der Waals surface area (Å²) in [5.74, 6) is -0.144. The number of amides is 1. The second-order valence-corrected chi connectivity index (χ2v) is 4.11. The minimum absolute atomic E-state index is 0.144. The van der Waals surface area contributed by atoms with E-state index in [4.69, 9.17) is 5.26 Å². The summed E-state index contributed by atoms with van der Waals surface area (Å²) in [5.41, 5.74) is 1.75. The number of hydrogen-bond acceptors (Lipinski definition) is 3. The van der Waals surface area contributed by atoms with E-state index in [1.54, 1.807) is 48.4 Å². The summed E-state index contributed by atoms with van der Waals surface area (Å²) in [6.45, 7) is 2.68. The molecule has 0 aliphatic rings. The number of hydrogen-bond donors (Lipinski definition) is 0. The minimum atomic E-state index is -0.144. The van der Waals surface area contributed by atoms with E-state index in [1.807, 2.05) is 6.92 Å². The number of benzene rings is 1. The standard InChI is InChI=1S/C14H14N4O/c1-3-18-10-12(9-16-18)14(19)17(2)13-6-4-5-11(7-13)8-15/h4-7,9-10H,3H2,1-2H3. The predicted molar refractivity (Wildman–Crippen MR) is 71.8 cm³/mol. The lowest BCUT2D eigenvalue weighted by Gasteiger charge is -2.16. The van der Waals surface area contributed by atoms with E-state index in [0.717, 1.165) is 6.54 Å². The van der Waals surface area contributed by atoms with Gasteiger partial charge in [-0.05, 0) is 25.1 Å². The molecule has 2 rings (SSSR count). The molecule has 5 nitrogen and oxygen atoms in total. The van der Waals surface area contributed by atoms with Gasteiger partial charge in [0, 0.05) is 25.5 Å². The number of nitriles is 1. The second kappa shape index (κ2) is 5.36. The van der Waals surface area contributed by atoms with Crippen molar-refractivity contribution >= 4 is 11.6 Å². The van der Waals surface area contributed by atoms with Crippen LogP contribution in [0.25, 0.3) is 0 Å². The summed E-state index contributed by atoms with van der Waals surface area (Å²) >= 11 is 0. The highest BCUT2D eigenvalue weighted by Crippen LogP contribution is 2.16. The molecule has 0 saturated heterocycles. The van der Waals surface area contributed by atoms with Crippen molar-refractivity contribution in [3.63, 3.8) is 0 Å². The molecule has 0 saturated carbocycles. The van der Waals surface area contributed by atoms with Crippen LogP contribution in [0.4, 0.5) is 5.69 Å². The average Bonchev–Trinajstić information content (AvgIpc) is 2.94. The van der Waals surface area contributed by atoms with Gasteiger partial charge < -0.3 is 4.90 Å². The van der Waals surface area contributed by atoms with Gasteiger partial charge in [0.15, 0.2) is 0 Å². The number of aryl methyl sites for hydroxylation is 1. The van der Waals surface area contributed by atoms with E-state index in [0.29, 0.717) is 16.8 Å². The van der Waals surface area contributed by atoms with Crippen LogP contribution in [0.2, 0.25) is 0 Å². The monoisotopic (exact) mass is 254 g/mol. The zero-order valence-corrected chi connectivity index (χ0v) is 10.9. The van der Waals surface area contributed by atoms with Crippen molar-refractivity contribution < 1.29 is 4.79 Å². The Morgan fingerprint density at radius 2 is 2.32 bits per heavy atom. The number of aromatic nitrogens is 2. The Bertz CT molecular complexity index is 639. The summed E-state index contributed by atoms with van der Waals surface area (Å²) in [4.78, 5) is 13.8. The highest BCUT2D eigenvalue weighted by atomic mass is 16.2. The van der Waals surface area contributed by atoms with Gasteiger partial charge in [-0.2, -0.15) is 10.4 Å². The Labute approximate surface area is 111 Å². The molecule has 0 N–H and O–H groups in total. The van der Waals surface area contributed by atoms with Gasteiger partial charge in [-0.1, -0.05) is 6.07 Å². The maximum Gasteiger partial charge on any atom is 0.261 e. The second-order valence-electron chi connectivity index (χ2n) is 4.11. The van der Waals surface area contributed by atoms with Crippen LogP contribution in [0.5, 0.6) is 0 Å². The first kappa shape index (κ1) is 12.8. The van der Waals surface area contributed by atoms with E-state index >= 15 is 0 Å². The number of nitrogens with zero attached hydrogens (tertiary/aromatic N) is 4. The van der Waals surface area contributed by atoms with E-state index < -0.39 is 0 Å². The van der Waals surface area contributed by atoms with Gasteiger partial charge >= 0.3 is 0 Å². The van der Waals surface area contributed by atoms with Gasteiger partial charge in [-0.15, -0.1) is 0 Å². The van der Waals surface area contributed by atoms with Gasteiger partial charge in [0.05, 0.1) is 23.4 Å². The van der Waals surface area contributed by atoms with Gasteiger partial charge in [0.25, 0.3) is 5.91 Å². The van der Waals surface area contributed by atoms with E-state index in [2.05, 4.69) is 11.2 Å². The Morgan fingerprint density at radius 1 is 1.53 bits per heavy atom. The fourth-order valence-corrected chi connectivity index (χ4v) is 1.74. The summed E-state index contributed by atoms with van der Waals surface area (Å²) in [5, 5.41) is 13.0. The first-order valence-corrected chi connectivity index (χ1v) is 5.96. The summed E-state index contributed by atoms with van der Waals surface area (Å²) < 4.78 is 1.70. The largest absolute Gasteiger partial charge is 0.311 e. The predicted octanol–water partition coefficient (Wildman–Crippen LogP) is 2.05. The Balaban J connectivity index is 2.25. The minimum Gasteiger partial charge on any atom is -0.311 e. The van der Waals surface area contributed by atoms with Crippen LogP contribution in [-0.4, -0.2) is 22.7 Å². The SMILES string of the molecule is CCn1cc(C(=O)N(C)c2cccc(C#N)c2)cn1. The quantitative estimate of drug-likeness (QED) is 0.842. The fourth-order valence-electron chi connectivity index (χ4n) is 1.74. The molecule has 5 heteroatoms. The van der Waals surface area contributed by atoms with Crippen molar-refractivity contribution in [2.75, 3.05) is 11.9 Å². The zero-order chi connectivity index (χ0) is 13.8. The number of rotatable bonds is 3. The lowest BCUT2D eigenvalue weighted by Crippen LogP contribution is -2.25. The fraction of sp³-hybridized carbons (Fsp3) is 0.214. The van der Waals surface area contributed by atoms with E-state index in [-0.39, 0.29) is 5.91 Å². The molecule has 0 unspecified atom stereocenters. The molecule has 1 aromatic heterocycles. The van der Waals surface area contributed by atoms with E-state index in [1.165, 1.54) is 4.90 Å². The van der Waals surface area contributed by atoms with E-state index in [9.17, 15) is 4.79 Å². The van der Waals surface area contributed by atoms with Crippen LogP contribution < -0.4 is 4.90 Å². The Morgan fingerprint density at radius 3 is 2.95 bits per heavy atom. The molecule has 0 aliphatic carbocycles. The molecule has 0 aliphatic heterocycles. The van der Waals surface area contributed by atoms with Crippen molar-refractivity contribution in [2.45, 2.75) is 13.5 Å². The molecule has 0 radical (unpaired) electrons. The lowest BCUT2D eigenvalue weighted by atomic mass is 10.2. The normalized spacial score (nSPS) is 9.95. The Hall–Kier alpha value is -2.61. The van der Waals surface area contributed by atoms with Crippen LogP contribution in [0.15, 0.2) is 36.7 Å². The molecule has 1 aromatic carbocycles. The number of carbonyl (C=O) groups is 1. The molecule has 2 aromatic rings. The Kier molecular flexibility index (Phi) is 3.62. The van der Waals surface area contributed by atoms with Gasteiger partial charge in [0.2, 0.25) is 0 Å². The highest BCUT2D eigenvalue weighted by Gasteiger charge is 2.15. The van der Waals surface area contributed by atoms with Crippen molar-refractivity contribution in [2.24, 2.45) is 0 Å². The number of carbonyl (C=O) groups excluding carboxylic acids is 1. The topological polar surface area (TPSA) is 61.9 Å². The first-order valence-electron chi connectivity index (χ1n) is 5.96. The smallest absolute Gasteiger partial charge is 0.261 e. The molecular weight excluding hydrogens is 240 g/mol. The maximum atomic E-state index is 12.3. The van der Waals surface area contributed by atoms with Crippen molar-refractivity contribution in [3.8, 4) is 6.07 Å². The van der Waals surface area contributed by atoms with Gasteiger partial charge in [-0.3, -0.25) is 9.48 Å². The molecular formula is C14H14N4O. The third kappa shape index (κ3) is 2.63. The van der Waals surface area contributed by atoms with Crippen LogP contribution in [0, 0.1) is 11.3 Å². The molecule has 0 bridgehead atoms.